The largest absolute Gasteiger partial charge is 0.497 e. The molecule has 6 nitrogen and oxygen atoms in total. The van der Waals surface area contributed by atoms with Crippen molar-refractivity contribution in [2.45, 2.75) is 45.2 Å². The Labute approximate surface area is 145 Å². The number of aliphatic imine (C=N–C) groups is 1. The maximum absolute atomic E-state index is 6.06. The van der Waals surface area contributed by atoms with Gasteiger partial charge in [-0.1, -0.05) is 6.42 Å². The number of nitrogens with two attached hydrogens (primary N) is 1. The van der Waals surface area contributed by atoms with E-state index < -0.39 is 0 Å². The molecule has 1 aliphatic heterocycles. The number of benzene rings is 1. The van der Waals surface area contributed by atoms with Gasteiger partial charge >= 0.3 is 0 Å². The molecule has 0 spiro atoms. The van der Waals surface area contributed by atoms with Gasteiger partial charge in [0.1, 0.15) is 11.5 Å². The summed E-state index contributed by atoms with van der Waals surface area (Å²) >= 11 is 0. The average Bonchev–Trinajstić information content (AvgIpc) is 2.60. The number of hydrogen-bond acceptors (Lipinski definition) is 4. The SMILES string of the molecule is COc1ccc(OC)c(NC(N)=NCC(C)N2CCCCC2C)c1. The summed E-state index contributed by atoms with van der Waals surface area (Å²) in [6, 6.07) is 6.53. The fraction of sp³-hybridized carbons (Fsp3) is 0.611. The van der Waals surface area contributed by atoms with Gasteiger partial charge in [-0.15, -0.1) is 0 Å². The van der Waals surface area contributed by atoms with E-state index in [0.29, 0.717) is 30.3 Å². The molecule has 2 unspecified atom stereocenters. The fourth-order valence-electron chi connectivity index (χ4n) is 3.20. The van der Waals surface area contributed by atoms with E-state index in [0.717, 1.165) is 18.0 Å². The lowest BCUT2D eigenvalue weighted by Crippen LogP contribution is -2.45. The molecule has 1 aliphatic rings. The molecule has 6 heteroatoms. The monoisotopic (exact) mass is 334 g/mol. The summed E-state index contributed by atoms with van der Waals surface area (Å²) in [5, 5.41) is 3.11. The molecule has 0 aliphatic carbocycles. The molecule has 0 aromatic heterocycles. The van der Waals surface area contributed by atoms with Crippen LogP contribution >= 0.6 is 0 Å². The Morgan fingerprint density at radius 2 is 2.17 bits per heavy atom. The molecule has 1 aromatic rings. The summed E-state index contributed by atoms with van der Waals surface area (Å²) in [7, 11) is 3.25. The highest BCUT2D eigenvalue weighted by Gasteiger charge is 2.22. The van der Waals surface area contributed by atoms with E-state index in [1.165, 1.54) is 19.3 Å². The maximum atomic E-state index is 6.06. The highest BCUT2D eigenvalue weighted by Crippen LogP contribution is 2.28. The molecule has 2 atom stereocenters. The molecule has 0 radical (unpaired) electrons. The number of likely N-dealkylation sites (tertiary alicyclic amines) is 1. The Kier molecular flexibility index (Phi) is 6.73. The van der Waals surface area contributed by atoms with Crippen LogP contribution < -0.4 is 20.5 Å². The Morgan fingerprint density at radius 1 is 1.38 bits per heavy atom. The van der Waals surface area contributed by atoms with Crippen molar-refractivity contribution in [1.29, 1.82) is 0 Å². The highest BCUT2D eigenvalue weighted by atomic mass is 16.5. The molecule has 0 amide bonds. The lowest BCUT2D eigenvalue weighted by Gasteiger charge is -2.37. The van der Waals surface area contributed by atoms with Crippen molar-refractivity contribution in [3.8, 4) is 11.5 Å². The molecule has 24 heavy (non-hydrogen) atoms. The molecule has 3 N–H and O–H groups in total. The zero-order valence-corrected chi connectivity index (χ0v) is 15.2. The minimum atomic E-state index is 0.382. The van der Waals surface area contributed by atoms with Crippen molar-refractivity contribution in [3.63, 3.8) is 0 Å². The van der Waals surface area contributed by atoms with E-state index in [2.05, 4.69) is 29.1 Å². The summed E-state index contributed by atoms with van der Waals surface area (Å²) in [5.74, 6) is 1.83. The molecule has 2 rings (SSSR count). The van der Waals surface area contributed by atoms with E-state index in [1.54, 1.807) is 14.2 Å². The summed E-state index contributed by atoms with van der Waals surface area (Å²) in [4.78, 5) is 7.03. The summed E-state index contributed by atoms with van der Waals surface area (Å²) < 4.78 is 10.6. The van der Waals surface area contributed by atoms with Crippen LogP contribution in [0.3, 0.4) is 0 Å². The van der Waals surface area contributed by atoms with Crippen LogP contribution in [0.5, 0.6) is 11.5 Å². The van der Waals surface area contributed by atoms with Crippen LogP contribution in [0.25, 0.3) is 0 Å². The van der Waals surface area contributed by atoms with Gasteiger partial charge in [-0.05, 0) is 45.4 Å². The number of rotatable bonds is 6. The van der Waals surface area contributed by atoms with E-state index in [-0.39, 0.29) is 0 Å². The number of nitrogens with one attached hydrogen (secondary N) is 1. The first-order valence-electron chi connectivity index (χ1n) is 8.60. The Bertz CT molecular complexity index is 562. The normalized spacial score (nSPS) is 20.5. The van der Waals surface area contributed by atoms with E-state index in [1.807, 2.05) is 18.2 Å². The van der Waals surface area contributed by atoms with Crippen LogP contribution in [0.2, 0.25) is 0 Å². The van der Waals surface area contributed by atoms with Crippen molar-refractivity contribution in [1.82, 2.24) is 4.90 Å². The first kappa shape index (κ1) is 18.4. The third-order valence-corrected chi connectivity index (χ3v) is 4.62. The van der Waals surface area contributed by atoms with Gasteiger partial charge in [-0.2, -0.15) is 0 Å². The van der Waals surface area contributed by atoms with Gasteiger partial charge in [0.25, 0.3) is 0 Å². The maximum Gasteiger partial charge on any atom is 0.193 e. The highest BCUT2D eigenvalue weighted by molar-refractivity contribution is 5.94. The number of piperidine rings is 1. The van der Waals surface area contributed by atoms with Gasteiger partial charge in [0.2, 0.25) is 0 Å². The second-order valence-electron chi connectivity index (χ2n) is 6.35. The van der Waals surface area contributed by atoms with Crippen molar-refractivity contribution >= 4 is 11.6 Å². The Balaban J connectivity index is 1.98. The van der Waals surface area contributed by atoms with Crippen molar-refractivity contribution in [2.75, 3.05) is 32.6 Å². The predicted molar refractivity (Wildman–Crippen MR) is 99.1 cm³/mol. The number of methoxy groups -OCH3 is 2. The second kappa shape index (κ2) is 8.78. The molecule has 1 heterocycles. The zero-order valence-electron chi connectivity index (χ0n) is 15.2. The Hall–Kier alpha value is -1.95. The topological polar surface area (TPSA) is 72.1 Å². The minimum Gasteiger partial charge on any atom is -0.497 e. The van der Waals surface area contributed by atoms with E-state index in [4.69, 9.17) is 15.2 Å². The van der Waals surface area contributed by atoms with Gasteiger partial charge in [-0.3, -0.25) is 9.89 Å². The quantitative estimate of drug-likeness (QED) is 0.618. The fourth-order valence-corrected chi connectivity index (χ4v) is 3.20. The molecule has 1 aromatic carbocycles. The van der Waals surface area contributed by atoms with E-state index in [9.17, 15) is 0 Å². The first-order valence-corrected chi connectivity index (χ1v) is 8.60. The standard InChI is InChI=1S/C18H30N4O2/c1-13-7-5-6-10-22(13)14(2)12-20-18(19)21-16-11-15(23-3)8-9-17(16)24-4/h8-9,11,13-14H,5-7,10,12H2,1-4H3,(H3,19,20,21). The number of ether oxygens (including phenoxy) is 2. The third-order valence-electron chi connectivity index (χ3n) is 4.62. The van der Waals surface area contributed by atoms with Gasteiger partial charge < -0.3 is 20.5 Å². The average molecular weight is 334 g/mol. The lowest BCUT2D eigenvalue weighted by atomic mass is 10.0. The van der Waals surface area contributed by atoms with Crippen LogP contribution in [0.4, 0.5) is 5.69 Å². The molecule has 0 bridgehead atoms. The number of nitrogens with zero attached hydrogens (tertiary/aromatic N) is 2. The van der Waals surface area contributed by atoms with Crippen molar-refractivity contribution in [3.05, 3.63) is 18.2 Å². The van der Waals surface area contributed by atoms with Crippen LogP contribution in [0.15, 0.2) is 23.2 Å². The molecule has 1 saturated heterocycles. The number of anilines is 1. The number of guanidine groups is 1. The number of hydrogen-bond donors (Lipinski definition) is 2. The molecule has 0 saturated carbocycles. The van der Waals surface area contributed by atoms with Crippen molar-refractivity contribution in [2.24, 2.45) is 10.7 Å². The minimum absolute atomic E-state index is 0.382. The van der Waals surface area contributed by atoms with Crippen LogP contribution in [0.1, 0.15) is 33.1 Å². The van der Waals surface area contributed by atoms with Crippen LogP contribution in [-0.4, -0.2) is 50.3 Å². The summed E-state index contributed by atoms with van der Waals surface area (Å²) in [6.45, 7) is 6.33. The predicted octanol–water partition coefficient (Wildman–Crippen LogP) is 2.69. The van der Waals surface area contributed by atoms with Gasteiger partial charge in [-0.25, -0.2) is 0 Å². The molecular weight excluding hydrogens is 304 g/mol. The van der Waals surface area contributed by atoms with Crippen LogP contribution in [0, 0.1) is 0 Å². The smallest absolute Gasteiger partial charge is 0.193 e. The van der Waals surface area contributed by atoms with E-state index >= 15 is 0 Å². The third kappa shape index (κ3) is 4.77. The van der Waals surface area contributed by atoms with Gasteiger partial charge in [0.05, 0.1) is 26.5 Å². The Morgan fingerprint density at radius 3 is 2.83 bits per heavy atom. The lowest BCUT2D eigenvalue weighted by molar-refractivity contribution is 0.118. The van der Waals surface area contributed by atoms with Crippen molar-refractivity contribution < 1.29 is 9.47 Å². The zero-order chi connectivity index (χ0) is 17.5. The molecule has 1 fully saturated rings. The van der Waals surface area contributed by atoms with Crippen LogP contribution in [-0.2, 0) is 0 Å². The van der Waals surface area contributed by atoms with Gasteiger partial charge in [0, 0.05) is 18.2 Å². The first-order chi connectivity index (χ1) is 11.5. The summed E-state index contributed by atoms with van der Waals surface area (Å²) in [5.41, 5.74) is 6.80. The second-order valence-corrected chi connectivity index (χ2v) is 6.35. The molecular formula is C18H30N4O2. The summed E-state index contributed by atoms with van der Waals surface area (Å²) in [6.07, 6.45) is 3.86. The van der Waals surface area contributed by atoms with Gasteiger partial charge in [0.15, 0.2) is 5.96 Å². The molecule has 134 valence electrons.